The highest BCUT2D eigenvalue weighted by atomic mass is 16.1. The number of rotatable bonds is 6. The molecule has 0 aliphatic heterocycles. The maximum atomic E-state index is 11.3. The Labute approximate surface area is 112 Å². The zero-order valence-corrected chi connectivity index (χ0v) is 11.2. The van der Waals surface area contributed by atoms with Crippen LogP contribution in [-0.4, -0.2) is 28.5 Å². The number of amides is 1. The Balaban J connectivity index is 1.88. The van der Waals surface area contributed by atoms with Crippen LogP contribution in [0.15, 0.2) is 24.3 Å². The van der Waals surface area contributed by atoms with E-state index in [4.69, 9.17) is 5.73 Å². The van der Waals surface area contributed by atoms with Gasteiger partial charge in [0.2, 0.25) is 5.91 Å². The lowest BCUT2D eigenvalue weighted by Crippen LogP contribution is -2.26. The number of aromatic nitrogens is 2. The standard InChI is InChI=1S/C14H20N4O/c1-18-12-6-3-2-5-11(12)17-13(18)7-4-10-16-14(19)8-9-15/h2-3,5-6H,4,7-10,15H2,1H3,(H,16,19). The molecule has 1 aromatic carbocycles. The van der Waals surface area contributed by atoms with Gasteiger partial charge in [0.15, 0.2) is 0 Å². The van der Waals surface area contributed by atoms with Crippen LogP contribution in [0.1, 0.15) is 18.7 Å². The van der Waals surface area contributed by atoms with E-state index >= 15 is 0 Å². The Bertz CT molecular complexity index is 562. The third kappa shape index (κ3) is 3.32. The van der Waals surface area contributed by atoms with Gasteiger partial charge in [-0.3, -0.25) is 4.79 Å². The van der Waals surface area contributed by atoms with Crippen molar-refractivity contribution in [2.75, 3.05) is 13.1 Å². The molecule has 0 radical (unpaired) electrons. The fraction of sp³-hybridized carbons (Fsp3) is 0.429. The number of fused-ring (bicyclic) bond motifs is 1. The number of hydrogen-bond donors (Lipinski definition) is 2. The quantitative estimate of drug-likeness (QED) is 0.760. The zero-order chi connectivity index (χ0) is 13.7. The highest BCUT2D eigenvalue weighted by molar-refractivity contribution is 5.76. The molecule has 0 saturated carbocycles. The van der Waals surface area contributed by atoms with E-state index in [1.165, 1.54) is 0 Å². The first kappa shape index (κ1) is 13.5. The van der Waals surface area contributed by atoms with Gasteiger partial charge >= 0.3 is 0 Å². The molecule has 0 saturated heterocycles. The van der Waals surface area contributed by atoms with Crippen molar-refractivity contribution in [3.63, 3.8) is 0 Å². The van der Waals surface area contributed by atoms with Crippen molar-refractivity contribution in [1.82, 2.24) is 14.9 Å². The number of hydrogen-bond acceptors (Lipinski definition) is 3. The van der Waals surface area contributed by atoms with E-state index in [2.05, 4.69) is 20.9 Å². The second-order valence-corrected chi connectivity index (χ2v) is 4.57. The molecular weight excluding hydrogens is 240 g/mol. The highest BCUT2D eigenvalue weighted by Gasteiger charge is 2.06. The van der Waals surface area contributed by atoms with Crippen molar-refractivity contribution < 1.29 is 4.79 Å². The van der Waals surface area contributed by atoms with Gasteiger partial charge in [0.1, 0.15) is 5.82 Å². The molecular formula is C14H20N4O. The lowest BCUT2D eigenvalue weighted by atomic mass is 10.3. The van der Waals surface area contributed by atoms with Crippen molar-refractivity contribution in [3.8, 4) is 0 Å². The predicted molar refractivity (Wildman–Crippen MR) is 75.7 cm³/mol. The van der Waals surface area contributed by atoms with E-state index in [9.17, 15) is 4.79 Å². The van der Waals surface area contributed by atoms with Gasteiger partial charge in [0.05, 0.1) is 11.0 Å². The molecule has 0 atom stereocenters. The minimum absolute atomic E-state index is 0.0208. The van der Waals surface area contributed by atoms with Crippen LogP contribution in [-0.2, 0) is 18.3 Å². The monoisotopic (exact) mass is 260 g/mol. The van der Waals surface area contributed by atoms with Crippen LogP contribution in [0.2, 0.25) is 0 Å². The van der Waals surface area contributed by atoms with Crippen LogP contribution < -0.4 is 11.1 Å². The summed E-state index contributed by atoms with van der Waals surface area (Å²) in [7, 11) is 2.03. The summed E-state index contributed by atoms with van der Waals surface area (Å²) in [5, 5.41) is 2.85. The summed E-state index contributed by atoms with van der Waals surface area (Å²) in [6, 6.07) is 8.09. The minimum atomic E-state index is 0.0208. The van der Waals surface area contributed by atoms with Crippen molar-refractivity contribution in [2.24, 2.45) is 12.8 Å². The van der Waals surface area contributed by atoms with Crippen molar-refractivity contribution in [1.29, 1.82) is 0 Å². The Morgan fingerprint density at radius 1 is 1.42 bits per heavy atom. The maximum Gasteiger partial charge on any atom is 0.221 e. The molecule has 0 fully saturated rings. The summed E-state index contributed by atoms with van der Waals surface area (Å²) in [6.07, 6.45) is 2.13. The van der Waals surface area contributed by atoms with Gasteiger partial charge in [0.25, 0.3) is 0 Å². The average molecular weight is 260 g/mol. The molecule has 2 aromatic rings. The summed E-state index contributed by atoms with van der Waals surface area (Å²) < 4.78 is 2.11. The van der Waals surface area contributed by atoms with Crippen LogP contribution in [0.5, 0.6) is 0 Å². The van der Waals surface area contributed by atoms with Gasteiger partial charge < -0.3 is 15.6 Å². The van der Waals surface area contributed by atoms with Crippen LogP contribution in [0.4, 0.5) is 0 Å². The molecule has 2 rings (SSSR count). The van der Waals surface area contributed by atoms with Gasteiger partial charge in [0, 0.05) is 33.0 Å². The first-order chi connectivity index (χ1) is 9.22. The molecule has 0 aliphatic carbocycles. The Kier molecular flexibility index (Phi) is 4.52. The zero-order valence-electron chi connectivity index (χ0n) is 11.2. The molecule has 1 heterocycles. The number of carbonyl (C=O) groups is 1. The van der Waals surface area contributed by atoms with Crippen LogP contribution in [0.25, 0.3) is 11.0 Å². The Morgan fingerprint density at radius 3 is 2.95 bits per heavy atom. The molecule has 5 nitrogen and oxygen atoms in total. The third-order valence-corrected chi connectivity index (χ3v) is 3.15. The van der Waals surface area contributed by atoms with Gasteiger partial charge in [-0.15, -0.1) is 0 Å². The van der Waals surface area contributed by atoms with E-state index in [1.807, 2.05) is 25.2 Å². The fourth-order valence-corrected chi connectivity index (χ4v) is 2.11. The van der Waals surface area contributed by atoms with E-state index < -0.39 is 0 Å². The van der Waals surface area contributed by atoms with Gasteiger partial charge in [-0.1, -0.05) is 12.1 Å². The van der Waals surface area contributed by atoms with Crippen LogP contribution in [0.3, 0.4) is 0 Å². The van der Waals surface area contributed by atoms with Crippen molar-refractivity contribution in [3.05, 3.63) is 30.1 Å². The normalized spacial score (nSPS) is 10.8. The van der Waals surface area contributed by atoms with Gasteiger partial charge in [-0.2, -0.15) is 0 Å². The van der Waals surface area contributed by atoms with Crippen molar-refractivity contribution >= 4 is 16.9 Å². The third-order valence-electron chi connectivity index (χ3n) is 3.15. The fourth-order valence-electron chi connectivity index (χ4n) is 2.11. The van der Waals surface area contributed by atoms with Crippen LogP contribution >= 0.6 is 0 Å². The van der Waals surface area contributed by atoms with E-state index in [-0.39, 0.29) is 5.91 Å². The minimum Gasteiger partial charge on any atom is -0.356 e. The molecule has 0 bridgehead atoms. The number of imidazole rings is 1. The number of aryl methyl sites for hydroxylation is 2. The first-order valence-electron chi connectivity index (χ1n) is 6.59. The highest BCUT2D eigenvalue weighted by Crippen LogP contribution is 2.14. The SMILES string of the molecule is Cn1c(CCCNC(=O)CCN)nc2ccccc21. The first-order valence-corrected chi connectivity index (χ1v) is 6.59. The molecule has 0 spiro atoms. The van der Waals surface area contributed by atoms with Crippen molar-refractivity contribution in [2.45, 2.75) is 19.3 Å². The lowest BCUT2D eigenvalue weighted by Gasteiger charge is -2.04. The summed E-state index contributed by atoms with van der Waals surface area (Å²) in [6.45, 7) is 1.07. The van der Waals surface area contributed by atoms with E-state index in [1.54, 1.807) is 0 Å². The average Bonchev–Trinajstić information content (AvgIpc) is 2.73. The number of para-hydroxylation sites is 2. The summed E-state index contributed by atoms with van der Waals surface area (Å²) in [4.78, 5) is 15.8. The molecule has 0 aliphatic rings. The number of nitrogens with one attached hydrogen (secondary N) is 1. The van der Waals surface area contributed by atoms with E-state index in [0.29, 0.717) is 19.5 Å². The lowest BCUT2D eigenvalue weighted by molar-refractivity contribution is -0.120. The number of carbonyl (C=O) groups excluding carboxylic acids is 1. The number of benzene rings is 1. The number of nitrogens with two attached hydrogens (primary N) is 1. The Hall–Kier alpha value is -1.88. The molecule has 102 valence electrons. The molecule has 19 heavy (non-hydrogen) atoms. The predicted octanol–water partition coefficient (Wildman–Crippen LogP) is 0.971. The summed E-state index contributed by atoms with van der Waals surface area (Å²) in [5.74, 6) is 1.07. The molecule has 1 aromatic heterocycles. The Morgan fingerprint density at radius 2 is 2.21 bits per heavy atom. The summed E-state index contributed by atoms with van der Waals surface area (Å²) in [5.41, 5.74) is 7.48. The molecule has 1 amide bonds. The topological polar surface area (TPSA) is 72.9 Å². The second-order valence-electron chi connectivity index (χ2n) is 4.57. The molecule has 0 unspecified atom stereocenters. The summed E-state index contributed by atoms with van der Waals surface area (Å²) >= 11 is 0. The van der Waals surface area contributed by atoms with Gasteiger partial charge in [-0.25, -0.2) is 4.98 Å². The van der Waals surface area contributed by atoms with E-state index in [0.717, 1.165) is 29.7 Å². The smallest absolute Gasteiger partial charge is 0.221 e. The largest absolute Gasteiger partial charge is 0.356 e. The molecule has 3 N–H and O–H groups in total. The maximum absolute atomic E-state index is 11.3. The second kappa shape index (κ2) is 6.33. The van der Waals surface area contributed by atoms with Gasteiger partial charge in [-0.05, 0) is 18.6 Å². The number of nitrogens with zero attached hydrogens (tertiary/aromatic N) is 2. The van der Waals surface area contributed by atoms with Crippen LogP contribution in [0, 0.1) is 0 Å². The molecule has 5 heteroatoms.